The molecule has 1 atom stereocenters. The van der Waals surface area contributed by atoms with E-state index in [1.54, 1.807) is 12.1 Å². The van der Waals surface area contributed by atoms with E-state index in [0.29, 0.717) is 5.56 Å². The molecule has 3 heteroatoms. The van der Waals surface area contributed by atoms with Gasteiger partial charge in [-0.2, -0.15) is 0 Å². The number of nitrogens with one attached hydrogen (secondary N) is 1. The van der Waals surface area contributed by atoms with E-state index in [0.717, 1.165) is 17.1 Å². The maximum absolute atomic E-state index is 13.7. The lowest BCUT2D eigenvalue weighted by molar-refractivity contribution is 0.600. The third-order valence-corrected chi connectivity index (χ3v) is 2.97. The Labute approximate surface area is 107 Å². The largest absolute Gasteiger partial charge is 0.377 e. The lowest BCUT2D eigenvalue weighted by Crippen LogP contribution is -2.10. The maximum Gasteiger partial charge on any atom is 0.128 e. The van der Waals surface area contributed by atoms with E-state index in [4.69, 9.17) is 0 Å². The molecule has 0 saturated heterocycles. The first-order chi connectivity index (χ1) is 8.58. The minimum atomic E-state index is -0.185. The number of halogens is 1. The van der Waals surface area contributed by atoms with E-state index in [9.17, 15) is 4.39 Å². The number of nitrogens with zero attached hydrogens (tertiary/aromatic N) is 1. The molecule has 1 unspecified atom stereocenters. The summed E-state index contributed by atoms with van der Waals surface area (Å²) in [5.74, 6) is -0.185. The second-order valence-corrected chi connectivity index (χ2v) is 4.47. The number of pyridine rings is 1. The quantitative estimate of drug-likeness (QED) is 0.882. The number of aryl methyl sites for hydroxylation is 2. The van der Waals surface area contributed by atoms with Crippen LogP contribution in [0.4, 0.5) is 10.1 Å². The smallest absolute Gasteiger partial charge is 0.128 e. The van der Waals surface area contributed by atoms with Gasteiger partial charge in [-0.25, -0.2) is 4.39 Å². The molecule has 0 spiro atoms. The number of benzene rings is 1. The predicted octanol–water partition coefficient (Wildman–Crippen LogP) is 4.01. The maximum atomic E-state index is 13.7. The van der Waals surface area contributed by atoms with E-state index in [1.807, 2.05) is 39.0 Å². The molecule has 2 nitrogen and oxygen atoms in total. The van der Waals surface area contributed by atoms with Crippen LogP contribution in [0.5, 0.6) is 0 Å². The molecule has 94 valence electrons. The molecule has 0 radical (unpaired) electrons. The molecule has 0 fully saturated rings. The Morgan fingerprint density at radius 3 is 2.50 bits per heavy atom. The molecule has 1 N–H and O–H groups in total. The number of hydrogen-bond acceptors (Lipinski definition) is 2. The van der Waals surface area contributed by atoms with E-state index in [-0.39, 0.29) is 11.9 Å². The Hall–Kier alpha value is -1.90. The zero-order valence-electron chi connectivity index (χ0n) is 10.9. The molecule has 0 aliphatic heterocycles. The first-order valence-electron chi connectivity index (χ1n) is 6.03. The summed E-state index contributed by atoms with van der Waals surface area (Å²) in [6.07, 6.45) is 0. The van der Waals surface area contributed by atoms with Crippen molar-refractivity contribution in [1.29, 1.82) is 0 Å². The van der Waals surface area contributed by atoms with Crippen LogP contribution >= 0.6 is 0 Å². The van der Waals surface area contributed by atoms with Gasteiger partial charge in [0.15, 0.2) is 0 Å². The van der Waals surface area contributed by atoms with Crippen LogP contribution in [0.25, 0.3) is 0 Å². The summed E-state index contributed by atoms with van der Waals surface area (Å²) < 4.78 is 13.7. The lowest BCUT2D eigenvalue weighted by atomic mass is 10.1. The molecular formula is C15H17FN2. The van der Waals surface area contributed by atoms with Crippen molar-refractivity contribution >= 4 is 5.69 Å². The Balaban J connectivity index is 2.21. The summed E-state index contributed by atoms with van der Waals surface area (Å²) in [6, 6.07) is 10.7. The van der Waals surface area contributed by atoms with Crippen LogP contribution in [0.2, 0.25) is 0 Å². The van der Waals surface area contributed by atoms with Gasteiger partial charge in [0, 0.05) is 11.3 Å². The standard InChI is InChI=1S/C15H17FN2/c1-10-8-9-15(12(3)17-10)18-11(2)13-6-4-5-7-14(13)16/h4-9,11,18H,1-3H3. The molecule has 1 aromatic heterocycles. The van der Waals surface area contributed by atoms with Crippen LogP contribution in [0.15, 0.2) is 36.4 Å². The Kier molecular flexibility index (Phi) is 3.60. The summed E-state index contributed by atoms with van der Waals surface area (Å²) >= 11 is 0. The highest BCUT2D eigenvalue weighted by atomic mass is 19.1. The van der Waals surface area contributed by atoms with Crippen molar-refractivity contribution < 1.29 is 4.39 Å². The first-order valence-corrected chi connectivity index (χ1v) is 6.03. The fourth-order valence-corrected chi connectivity index (χ4v) is 1.98. The van der Waals surface area contributed by atoms with Crippen molar-refractivity contribution in [3.8, 4) is 0 Å². The van der Waals surface area contributed by atoms with Gasteiger partial charge in [0.1, 0.15) is 5.82 Å². The monoisotopic (exact) mass is 244 g/mol. The van der Waals surface area contributed by atoms with E-state index >= 15 is 0 Å². The van der Waals surface area contributed by atoms with Crippen molar-refractivity contribution in [2.75, 3.05) is 5.32 Å². The molecule has 2 rings (SSSR count). The topological polar surface area (TPSA) is 24.9 Å². The second-order valence-electron chi connectivity index (χ2n) is 4.47. The van der Waals surface area contributed by atoms with E-state index < -0.39 is 0 Å². The Morgan fingerprint density at radius 2 is 1.83 bits per heavy atom. The van der Waals surface area contributed by atoms with Crippen LogP contribution < -0.4 is 5.32 Å². The molecule has 0 amide bonds. The van der Waals surface area contributed by atoms with Crippen LogP contribution in [0, 0.1) is 19.7 Å². The van der Waals surface area contributed by atoms with Gasteiger partial charge in [-0.1, -0.05) is 18.2 Å². The summed E-state index contributed by atoms with van der Waals surface area (Å²) in [7, 11) is 0. The molecule has 0 aliphatic rings. The highest BCUT2D eigenvalue weighted by Crippen LogP contribution is 2.23. The average molecular weight is 244 g/mol. The van der Waals surface area contributed by atoms with Crippen molar-refractivity contribution in [3.63, 3.8) is 0 Å². The molecule has 1 aromatic carbocycles. The summed E-state index contributed by atoms with van der Waals surface area (Å²) in [6.45, 7) is 5.85. The van der Waals surface area contributed by atoms with Crippen LogP contribution in [-0.4, -0.2) is 4.98 Å². The third kappa shape index (κ3) is 2.67. The second kappa shape index (κ2) is 5.17. The highest BCUT2D eigenvalue weighted by Gasteiger charge is 2.11. The number of rotatable bonds is 3. The van der Waals surface area contributed by atoms with Gasteiger partial charge < -0.3 is 5.32 Å². The number of hydrogen-bond donors (Lipinski definition) is 1. The zero-order valence-corrected chi connectivity index (χ0v) is 10.9. The lowest BCUT2D eigenvalue weighted by Gasteiger charge is -2.17. The fourth-order valence-electron chi connectivity index (χ4n) is 1.98. The highest BCUT2D eigenvalue weighted by molar-refractivity contribution is 5.49. The van der Waals surface area contributed by atoms with Gasteiger partial charge in [-0.3, -0.25) is 4.98 Å². The van der Waals surface area contributed by atoms with Crippen molar-refractivity contribution in [1.82, 2.24) is 4.98 Å². The van der Waals surface area contributed by atoms with Crippen molar-refractivity contribution in [2.24, 2.45) is 0 Å². The van der Waals surface area contributed by atoms with Gasteiger partial charge in [-0.15, -0.1) is 0 Å². The van der Waals surface area contributed by atoms with Gasteiger partial charge in [0.2, 0.25) is 0 Å². The molecule has 0 saturated carbocycles. The Morgan fingerprint density at radius 1 is 1.11 bits per heavy atom. The minimum Gasteiger partial charge on any atom is -0.377 e. The molecule has 1 heterocycles. The molecule has 0 bridgehead atoms. The molecule has 2 aromatic rings. The van der Waals surface area contributed by atoms with Gasteiger partial charge in [0.05, 0.1) is 17.4 Å². The summed E-state index contributed by atoms with van der Waals surface area (Å²) in [5, 5.41) is 3.29. The fraction of sp³-hybridized carbons (Fsp3) is 0.267. The minimum absolute atomic E-state index is 0.0885. The molecule has 0 aliphatic carbocycles. The number of aromatic nitrogens is 1. The SMILES string of the molecule is Cc1ccc(NC(C)c2ccccc2F)c(C)n1. The predicted molar refractivity (Wildman–Crippen MR) is 72.1 cm³/mol. The van der Waals surface area contributed by atoms with E-state index in [1.165, 1.54) is 6.07 Å². The van der Waals surface area contributed by atoms with E-state index in [2.05, 4.69) is 10.3 Å². The van der Waals surface area contributed by atoms with Gasteiger partial charge >= 0.3 is 0 Å². The normalized spacial score (nSPS) is 12.2. The van der Waals surface area contributed by atoms with Crippen LogP contribution in [-0.2, 0) is 0 Å². The van der Waals surface area contributed by atoms with Crippen LogP contribution in [0.3, 0.4) is 0 Å². The van der Waals surface area contributed by atoms with Gasteiger partial charge in [-0.05, 0) is 39.0 Å². The molecular weight excluding hydrogens is 227 g/mol. The first kappa shape index (κ1) is 12.6. The zero-order chi connectivity index (χ0) is 13.1. The van der Waals surface area contributed by atoms with Crippen molar-refractivity contribution in [2.45, 2.75) is 26.8 Å². The average Bonchev–Trinajstić information content (AvgIpc) is 2.33. The van der Waals surface area contributed by atoms with Crippen LogP contribution in [0.1, 0.15) is 29.9 Å². The van der Waals surface area contributed by atoms with Crippen molar-refractivity contribution in [3.05, 3.63) is 59.2 Å². The molecule has 18 heavy (non-hydrogen) atoms. The summed E-state index contributed by atoms with van der Waals surface area (Å²) in [5.41, 5.74) is 3.52. The number of anilines is 1. The van der Waals surface area contributed by atoms with Gasteiger partial charge in [0.25, 0.3) is 0 Å². The third-order valence-electron chi connectivity index (χ3n) is 2.97. The summed E-state index contributed by atoms with van der Waals surface area (Å²) in [4.78, 5) is 4.39. The Bertz CT molecular complexity index is 552.